The number of amides is 1. The van der Waals surface area contributed by atoms with Gasteiger partial charge in [0.2, 0.25) is 5.91 Å². The fourth-order valence-corrected chi connectivity index (χ4v) is 4.77. The van der Waals surface area contributed by atoms with E-state index in [1.54, 1.807) is 0 Å². The summed E-state index contributed by atoms with van der Waals surface area (Å²) in [6.07, 6.45) is 11.0. The summed E-state index contributed by atoms with van der Waals surface area (Å²) in [6, 6.07) is 5.98. The number of fused-ring (bicyclic) bond motifs is 1. The van der Waals surface area contributed by atoms with Crippen molar-refractivity contribution in [2.75, 3.05) is 31.5 Å². The third-order valence-corrected chi connectivity index (χ3v) is 6.72. The number of nitrogens with zero attached hydrogens (tertiary/aromatic N) is 3. The van der Waals surface area contributed by atoms with Gasteiger partial charge in [0.05, 0.1) is 19.8 Å². The van der Waals surface area contributed by atoms with Gasteiger partial charge in [-0.05, 0) is 60.4 Å². The minimum absolute atomic E-state index is 0.0377. The SMILES string of the molecule is O=C(CN1CC=CC(N2CCC3(CCC3)CC2)=N1)Nc1ccc2c(c1)COC2. The molecule has 1 aliphatic carbocycles. The van der Waals surface area contributed by atoms with Crippen molar-refractivity contribution in [2.24, 2.45) is 10.5 Å². The number of carbonyl (C=O) groups is 1. The van der Waals surface area contributed by atoms with E-state index < -0.39 is 0 Å². The van der Waals surface area contributed by atoms with E-state index in [1.807, 2.05) is 23.2 Å². The minimum atomic E-state index is -0.0377. The Labute approximate surface area is 166 Å². The number of hydrogen-bond donors (Lipinski definition) is 1. The summed E-state index contributed by atoms with van der Waals surface area (Å²) in [5, 5.41) is 9.60. The molecule has 0 bridgehead atoms. The van der Waals surface area contributed by atoms with Gasteiger partial charge in [-0.15, -0.1) is 0 Å². The van der Waals surface area contributed by atoms with E-state index in [-0.39, 0.29) is 12.5 Å². The minimum Gasteiger partial charge on any atom is -0.372 e. The van der Waals surface area contributed by atoms with E-state index in [0.29, 0.717) is 25.2 Å². The van der Waals surface area contributed by atoms with Gasteiger partial charge in [0.25, 0.3) is 0 Å². The van der Waals surface area contributed by atoms with Crippen LogP contribution in [0.5, 0.6) is 0 Å². The molecule has 4 aliphatic rings. The van der Waals surface area contributed by atoms with Crippen LogP contribution in [-0.2, 0) is 22.7 Å². The van der Waals surface area contributed by atoms with Crippen molar-refractivity contribution in [3.05, 3.63) is 41.5 Å². The predicted molar refractivity (Wildman–Crippen MR) is 109 cm³/mol. The van der Waals surface area contributed by atoms with Gasteiger partial charge in [-0.2, -0.15) is 5.10 Å². The van der Waals surface area contributed by atoms with Gasteiger partial charge in [-0.3, -0.25) is 9.80 Å². The lowest BCUT2D eigenvalue weighted by molar-refractivity contribution is -0.117. The number of benzene rings is 1. The highest BCUT2D eigenvalue weighted by molar-refractivity contribution is 5.95. The van der Waals surface area contributed by atoms with Crippen LogP contribution < -0.4 is 5.32 Å². The average molecular weight is 380 g/mol. The number of amidine groups is 1. The lowest BCUT2D eigenvalue weighted by Gasteiger charge is -2.48. The second kappa shape index (κ2) is 7.24. The van der Waals surface area contributed by atoms with Crippen molar-refractivity contribution in [2.45, 2.75) is 45.3 Å². The van der Waals surface area contributed by atoms with Crippen LogP contribution in [0, 0.1) is 5.41 Å². The molecule has 1 saturated carbocycles. The van der Waals surface area contributed by atoms with Crippen LogP contribution in [0.1, 0.15) is 43.2 Å². The fourth-order valence-electron chi connectivity index (χ4n) is 4.77. The van der Waals surface area contributed by atoms with Crippen LogP contribution in [0.25, 0.3) is 0 Å². The molecule has 1 N–H and O–H groups in total. The molecule has 1 amide bonds. The summed E-state index contributed by atoms with van der Waals surface area (Å²) in [5.74, 6) is 0.965. The Hall–Kier alpha value is -2.34. The van der Waals surface area contributed by atoms with Crippen LogP contribution in [0.15, 0.2) is 35.5 Å². The zero-order valence-corrected chi connectivity index (χ0v) is 16.3. The Balaban J connectivity index is 1.17. The predicted octanol–water partition coefficient (Wildman–Crippen LogP) is 3.11. The first kappa shape index (κ1) is 17.7. The molecule has 3 aliphatic heterocycles. The molecule has 1 aromatic carbocycles. The molecule has 0 radical (unpaired) electrons. The zero-order chi connectivity index (χ0) is 19.0. The first-order valence-corrected chi connectivity index (χ1v) is 10.4. The highest BCUT2D eigenvalue weighted by atomic mass is 16.5. The quantitative estimate of drug-likeness (QED) is 0.875. The topological polar surface area (TPSA) is 57.2 Å². The Morgan fingerprint density at radius 1 is 1.14 bits per heavy atom. The van der Waals surface area contributed by atoms with Crippen LogP contribution in [0.3, 0.4) is 0 Å². The number of anilines is 1. The van der Waals surface area contributed by atoms with Crippen molar-refractivity contribution in [3.63, 3.8) is 0 Å². The van der Waals surface area contributed by atoms with Crippen molar-refractivity contribution in [3.8, 4) is 0 Å². The number of piperidine rings is 1. The smallest absolute Gasteiger partial charge is 0.245 e. The molecule has 0 unspecified atom stereocenters. The number of ether oxygens (including phenoxy) is 1. The first-order chi connectivity index (χ1) is 13.7. The maximum absolute atomic E-state index is 12.5. The van der Waals surface area contributed by atoms with E-state index in [4.69, 9.17) is 9.84 Å². The average Bonchev–Trinajstić information content (AvgIpc) is 3.15. The van der Waals surface area contributed by atoms with Gasteiger partial charge in [0.15, 0.2) is 0 Å². The molecule has 6 nitrogen and oxygen atoms in total. The molecular formula is C22H28N4O2. The van der Waals surface area contributed by atoms with E-state index >= 15 is 0 Å². The number of likely N-dealkylation sites (tertiary alicyclic amines) is 1. The highest BCUT2D eigenvalue weighted by Gasteiger charge is 2.40. The summed E-state index contributed by atoms with van der Waals surface area (Å²) in [5.41, 5.74) is 3.83. The summed E-state index contributed by atoms with van der Waals surface area (Å²) in [7, 11) is 0. The number of carbonyl (C=O) groups excluding carboxylic acids is 1. The zero-order valence-electron chi connectivity index (χ0n) is 16.3. The second-order valence-corrected chi connectivity index (χ2v) is 8.57. The molecule has 148 valence electrons. The van der Waals surface area contributed by atoms with Gasteiger partial charge in [0.1, 0.15) is 12.4 Å². The molecule has 1 spiro atoms. The van der Waals surface area contributed by atoms with Crippen molar-refractivity contribution in [1.82, 2.24) is 9.91 Å². The molecule has 1 saturated heterocycles. The number of hydrazone groups is 1. The monoisotopic (exact) mass is 380 g/mol. The molecule has 2 fully saturated rings. The Bertz CT molecular complexity index is 818. The molecule has 28 heavy (non-hydrogen) atoms. The number of hydrogen-bond acceptors (Lipinski definition) is 5. The van der Waals surface area contributed by atoms with Gasteiger partial charge < -0.3 is 15.0 Å². The molecule has 3 heterocycles. The molecule has 1 aromatic rings. The van der Waals surface area contributed by atoms with Crippen LogP contribution in [0.2, 0.25) is 0 Å². The normalized spacial score (nSPS) is 22.6. The van der Waals surface area contributed by atoms with Crippen LogP contribution in [0.4, 0.5) is 5.69 Å². The summed E-state index contributed by atoms with van der Waals surface area (Å²) < 4.78 is 5.44. The van der Waals surface area contributed by atoms with Crippen LogP contribution >= 0.6 is 0 Å². The molecule has 6 heteroatoms. The Morgan fingerprint density at radius 2 is 1.96 bits per heavy atom. The third kappa shape index (κ3) is 3.53. The lowest BCUT2D eigenvalue weighted by atomic mass is 9.63. The van der Waals surface area contributed by atoms with Gasteiger partial charge in [-0.25, -0.2) is 0 Å². The molecule has 5 rings (SSSR count). The van der Waals surface area contributed by atoms with Gasteiger partial charge in [-0.1, -0.05) is 18.6 Å². The van der Waals surface area contributed by atoms with E-state index in [1.165, 1.54) is 37.7 Å². The number of rotatable bonds is 3. The highest BCUT2D eigenvalue weighted by Crippen LogP contribution is 2.48. The maximum atomic E-state index is 12.5. The Kier molecular flexibility index (Phi) is 4.59. The van der Waals surface area contributed by atoms with Crippen LogP contribution in [-0.4, -0.2) is 47.8 Å². The lowest BCUT2D eigenvalue weighted by Crippen LogP contribution is -2.46. The molecular weight excluding hydrogens is 352 g/mol. The molecule has 0 atom stereocenters. The summed E-state index contributed by atoms with van der Waals surface area (Å²) in [6.45, 7) is 4.40. The van der Waals surface area contributed by atoms with Crippen molar-refractivity contribution < 1.29 is 9.53 Å². The number of nitrogens with one attached hydrogen (secondary N) is 1. The standard InChI is InChI=1S/C22H28N4O2/c27-21(23-19-5-4-17-15-28-16-18(17)13-19)14-26-10-1-3-20(24-26)25-11-8-22(9-12-25)6-2-7-22/h1,3-5,13H,2,6-12,14-16H2,(H,23,27). The summed E-state index contributed by atoms with van der Waals surface area (Å²) in [4.78, 5) is 14.9. The fraction of sp³-hybridized carbons (Fsp3) is 0.545. The third-order valence-electron chi connectivity index (χ3n) is 6.72. The summed E-state index contributed by atoms with van der Waals surface area (Å²) >= 11 is 0. The maximum Gasteiger partial charge on any atom is 0.245 e. The van der Waals surface area contributed by atoms with Crippen molar-refractivity contribution >= 4 is 17.4 Å². The van der Waals surface area contributed by atoms with Crippen molar-refractivity contribution in [1.29, 1.82) is 0 Å². The first-order valence-electron chi connectivity index (χ1n) is 10.4. The second-order valence-electron chi connectivity index (χ2n) is 8.57. The van der Waals surface area contributed by atoms with E-state index in [0.717, 1.165) is 30.2 Å². The van der Waals surface area contributed by atoms with E-state index in [2.05, 4.69) is 22.4 Å². The van der Waals surface area contributed by atoms with Gasteiger partial charge >= 0.3 is 0 Å². The largest absolute Gasteiger partial charge is 0.372 e. The Morgan fingerprint density at radius 3 is 2.75 bits per heavy atom. The van der Waals surface area contributed by atoms with Gasteiger partial charge in [0, 0.05) is 18.8 Å². The molecule has 0 aromatic heterocycles. The van der Waals surface area contributed by atoms with E-state index in [9.17, 15) is 4.79 Å².